The molecule has 0 atom stereocenters. The molecule has 1 aliphatic rings. The highest BCUT2D eigenvalue weighted by molar-refractivity contribution is 6.12. The first-order valence-electron chi connectivity index (χ1n) is 8.44. The standard InChI is InChI=1S/C21H18N2O2/c1-13(24)14-8-10-16(11-9-14)22-21(25)18-12-20(15-6-7-15)23-19-5-3-2-4-17(18)19/h2-5,8-12,15H,6-7H2,1H3,(H,22,25). The lowest BCUT2D eigenvalue weighted by atomic mass is 10.0. The van der Waals surface area contributed by atoms with Crippen LogP contribution in [0, 0.1) is 0 Å². The second-order valence-corrected chi connectivity index (χ2v) is 6.47. The van der Waals surface area contributed by atoms with E-state index in [2.05, 4.69) is 5.32 Å². The van der Waals surface area contributed by atoms with Crippen molar-refractivity contribution in [1.82, 2.24) is 4.98 Å². The highest BCUT2D eigenvalue weighted by Crippen LogP contribution is 2.40. The molecule has 0 spiro atoms. The number of Topliss-reactive ketones (excluding diaryl/α,β-unsaturated/α-hetero) is 1. The van der Waals surface area contributed by atoms with Gasteiger partial charge in [-0.25, -0.2) is 0 Å². The van der Waals surface area contributed by atoms with Gasteiger partial charge in [-0.05, 0) is 56.2 Å². The summed E-state index contributed by atoms with van der Waals surface area (Å²) in [6, 6.07) is 16.6. The van der Waals surface area contributed by atoms with Gasteiger partial charge in [0.2, 0.25) is 0 Å². The number of hydrogen-bond acceptors (Lipinski definition) is 3. The third kappa shape index (κ3) is 3.15. The Hall–Kier alpha value is -3.01. The average Bonchev–Trinajstić information content (AvgIpc) is 3.46. The molecule has 1 heterocycles. The van der Waals surface area contributed by atoms with E-state index in [0.717, 1.165) is 29.4 Å². The summed E-state index contributed by atoms with van der Waals surface area (Å²) in [6.07, 6.45) is 2.28. The number of nitrogens with one attached hydrogen (secondary N) is 1. The Balaban J connectivity index is 1.68. The quantitative estimate of drug-likeness (QED) is 0.713. The summed E-state index contributed by atoms with van der Waals surface area (Å²) >= 11 is 0. The van der Waals surface area contributed by atoms with Gasteiger partial charge < -0.3 is 5.32 Å². The van der Waals surface area contributed by atoms with E-state index in [4.69, 9.17) is 4.98 Å². The van der Waals surface area contributed by atoms with E-state index >= 15 is 0 Å². The zero-order valence-corrected chi connectivity index (χ0v) is 14.0. The first-order valence-corrected chi connectivity index (χ1v) is 8.44. The van der Waals surface area contributed by atoms with Crippen LogP contribution in [0.2, 0.25) is 0 Å². The number of amides is 1. The number of nitrogens with zero attached hydrogens (tertiary/aromatic N) is 1. The van der Waals surface area contributed by atoms with Crippen molar-refractivity contribution in [1.29, 1.82) is 0 Å². The van der Waals surface area contributed by atoms with Crippen molar-refractivity contribution >= 4 is 28.3 Å². The Labute approximate surface area is 145 Å². The van der Waals surface area contributed by atoms with Crippen LogP contribution in [0.25, 0.3) is 10.9 Å². The number of fused-ring (bicyclic) bond motifs is 1. The normalized spacial score (nSPS) is 13.6. The molecule has 0 unspecified atom stereocenters. The van der Waals surface area contributed by atoms with Crippen molar-refractivity contribution in [3.8, 4) is 0 Å². The van der Waals surface area contributed by atoms with Gasteiger partial charge in [-0.2, -0.15) is 0 Å². The van der Waals surface area contributed by atoms with Crippen LogP contribution in [-0.2, 0) is 0 Å². The average molecular weight is 330 g/mol. The van der Waals surface area contributed by atoms with Gasteiger partial charge in [-0.3, -0.25) is 14.6 Å². The van der Waals surface area contributed by atoms with Gasteiger partial charge in [-0.1, -0.05) is 18.2 Å². The molecule has 4 rings (SSSR count). The van der Waals surface area contributed by atoms with E-state index in [9.17, 15) is 9.59 Å². The number of pyridine rings is 1. The van der Waals surface area contributed by atoms with Crippen LogP contribution in [0.5, 0.6) is 0 Å². The van der Waals surface area contributed by atoms with Crippen LogP contribution in [0.15, 0.2) is 54.6 Å². The van der Waals surface area contributed by atoms with Crippen molar-refractivity contribution in [2.75, 3.05) is 5.32 Å². The highest BCUT2D eigenvalue weighted by Gasteiger charge is 2.26. The maximum Gasteiger partial charge on any atom is 0.256 e. The Morgan fingerprint density at radius 2 is 1.76 bits per heavy atom. The van der Waals surface area contributed by atoms with Crippen molar-refractivity contribution in [2.24, 2.45) is 0 Å². The van der Waals surface area contributed by atoms with Gasteiger partial charge >= 0.3 is 0 Å². The van der Waals surface area contributed by atoms with E-state index in [-0.39, 0.29) is 11.7 Å². The number of anilines is 1. The van der Waals surface area contributed by atoms with Crippen molar-refractivity contribution in [3.63, 3.8) is 0 Å². The summed E-state index contributed by atoms with van der Waals surface area (Å²) in [5, 5.41) is 3.78. The molecule has 0 aliphatic heterocycles. The molecule has 1 amide bonds. The summed E-state index contributed by atoms with van der Waals surface area (Å²) < 4.78 is 0. The van der Waals surface area contributed by atoms with Gasteiger partial charge in [0.25, 0.3) is 5.91 Å². The number of para-hydroxylation sites is 1. The van der Waals surface area contributed by atoms with E-state index in [1.165, 1.54) is 6.92 Å². The smallest absolute Gasteiger partial charge is 0.256 e. The Bertz CT molecular complexity index is 973. The fourth-order valence-electron chi connectivity index (χ4n) is 2.96. The maximum absolute atomic E-state index is 12.8. The molecule has 1 fully saturated rings. The lowest BCUT2D eigenvalue weighted by molar-refractivity contribution is 0.101. The van der Waals surface area contributed by atoms with Gasteiger partial charge in [0.05, 0.1) is 11.1 Å². The lowest BCUT2D eigenvalue weighted by Gasteiger charge is -2.10. The Kier molecular flexibility index (Phi) is 3.80. The fraction of sp³-hybridized carbons (Fsp3) is 0.190. The van der Waals surface area contributed by atoms with Crippen molar-refractivity contribution < 1.29 is 9.59 Å². The SMILES string of the molecule is CC(=O)c1ccc(NC(=O)c2cc(C3CC3)nc3ccccc23)cc1. The lowest BCUT2D eigenvalue weighted by Crippen LogP contribution is -2.13. The molecule has 25 heavy (non-hydrogen) atoms. The van der Waals surface area contributed by atoms with Crippen LogP contribution >= 0.6 is 0 Å². The van der Waals surface area contributed by atoms with E-state index in [0.29, 0.717) is 22.7 Å². The zero-order valence-electron chi connectivity index (χ0n) is 14.0. The summed E-state index contributed by atoms with van der Waals surface area (Å²) in [7, 11) is 0. The molecule has 1 aliphatic carbocycles. The first-order chi connectivity index (χ1) is 12.1. The number of aromatic nitrogens is 1. The number of hydrogen-bond donors (Lipinski definition) is 1. The predicted molar refractivity (Wildman–Crippen MR) is 98.1 cm³/mol. The number of benzene rings is 2. The van der Waals surface area contributed by atoms with E-state index < -0.39 is 0 Å². The largest absolute Gasteiger partial charge is 0.322 e. The van der Waals surface area contributed by atoms with E-state index in [1.807, 2.05) is 30.3 Å². The Morgan fingerprint density at radius 1 is 1.04 bits per heavy atom. The summed E-state index contributed by atoms with van der Waals surface area (Å²) in [4.78, 5) is 28.9. The molecule has 1 N–H and O–H groups in total. The van der Waals surface area contributed by atoms with Crippen LogP contribution < -0.4 is 5.32 Å². The number of ketones is 1. The van der Waals surface area contributed by atoms with Gasteiger partial charge in [0.1, 0.15) is 0 Å². The molecule has 124 valence electrons. The molecule has 0 bridgehead atoms. The summed E-state index contributed by atoms with van der Waals surface area (Å²) in [5.41, 5.74) is 3.79. The second-order valence-electron chi connectivity index (χ2n) is 6.47. The molecule has 4 heteroatoms. The third-order valence-electron chi connectivity index (χ3n) is 4.53. The summed E-state index contributed by atoms with van der Waals surface area (Å²) in [5.74, 6) is 0.328. The maximum atomic E-state index is 12.8. The van der Waals surface area contributed by atoms with E-state index in [1.54, 1.807) is 24.3 Å². The monoisotopic (exact) mass is 330 g/mol. The number of rotatable bonds is 4. The van der Waals surface area contributed by atoms with Crippen molar-refractivity contribution in [2.45, 2.75) is 25.7 Å². The molecule has 2 aromatic carbocycles. The van der Waals surface area contributed by atoms with Crippen molar-refractivity contribution in [3.05, 3.63) is 71.4 Å². The molecule has 0 radical (unpaired) electrons. The number of carbonyl (C=O) groups is 2. The highest BCUT2D eigenvalue weighted by atomic mass is 16.1. The summed E-state index contributed by atoms with van der Waals surface area (Å²) in [6.45, 7) is 1.52. The molecule has 0 saturated heterocycles. The van der Waals surface area contributed by atoms with Crippen LogP contribution in [0.4, 0.5) is 5.69 Å². The minimum absolute atomic E-state index is 0.00656. The Morgan fingerprint density at radius 3 is 2.44 bits per heavy atom. The molecule has 1 aromatic heterocycles. The second kappa shape index (κ2) is 6.13. The van der Waals surface area contributed by atoms with Crippen LogP contribution in [0.3, 0.4) is 0 Å². The van der Waals surface area contributed by atoms with Gasteiger partial charge in [0, 0.05) is 28.2 Å². The van der Waals surface area contributed by atoms with Gasteiger partial charge in [0.15, 0.2) is 5.78 Å². The fourth-order valence-corrected chi connectivity index (χ4v) is 2.96. The molecular weight excluding hydrogens is 312 g/mol. The zero-order chi connectivity index (χ0) is 17.4. The number of carbonyl (C=O) groups excluding carboxylic acids is 2. The minimum Gasteiger partial charge on any atom is -0.322 e. The first kappa shape index (κ1) is 15.5. The minimum atomic E-state index is -0.156. The molecule has 1 saturated carbocycles. The molecule has 3 aromatic rings. The molecular formula is C21H18N2O2. The molecule has 4 nitrogen and oxygen atoms in total. The van der Waals surface area contributed by atoms with Crippen LogP contribution in [0.1, 0.15) is 52.1 Å². The topological polar surface area (TPSA) is 59.1 Å². The predicted octanol–water partition coefficient (Wildman–Crippen LogP) is 4.57. The van der Waals surface area contributed by atoms with Gasteiger partial charge in [-0.15, -0.1) is 0 Å². The third-order valence-corrected chi connectivity index (χ3v) is 4.53. The van der Waals surface area contributed by atoms with Crippen LogP contribution in [-0.4, -0.2) is 16.7 Å².